The van der Waals surface area contributed by atoms with Gasteiger partial charge in [-0.3, -0.25) is 4.79 Å². The van der Waals surface area contributed by atoms with E-state index in [1.54, 1.807) is 12.1 Å². The number of hydrogen-bond acceptors (Lipinski definition) is 3. The summed E-state index contributed by atoms with van der Waals surface area (Å²) in [6, 6.07) is 12.8. The minimum absolute atomic E-state index is 0.00662. The van der Waals surface area contributed by atoms with Gasteiger partial charge in [0.05, 0.1) is 12.6 Å². The van der Waals surface area contributed by atoms with E-state index < -0.39 is 5.97 Å². The van der Waals surface area contributed by atoms with Crippen molar-refractivity contribution in [2.75, 3.05) is 12.4 Å². The lowest BCUT2D eigenvalue weighted by molar-refractivity contribution is -0.120. The molecule has 6 heteroatoms. The first-order chi connectivity index (χ1) is 14.5. The summed E-state index contributed by atoms with van der Waals surface area (Å²) in [5, 5.41) is 13.5. The standard InChI is InChI=1S/C24H28N2O4/c1-4-6-7-16(5-2)23(27)25-18-9-8-17-12-13-26(21(17)14-18)19-10-11-22(30-3)20(15-19)24(28)29/h8-16H,4-7H2,1-3H3,(H,25,27)(H,28,29). The van der Waals surface area contributed by atoms with Crippen LogP contribution in [-0.2, 0) is 4.79 Å². The first-order valence-electron chi connectivity index (χ1n) is 10.3. The number of rotatable bonds is 9. The number of hydrogen-bond donors (Lipinski definition) is 2. The van der Waals surface area contributed by atoms with Crippen molar-refractivity contribution in [3.05, 3.63) is 54.2 Å². The van der Waals surface area contributed by atoms with Crippen LogP contribution in [0.5, 0.6) is 5.75 Å². The molecule has 6 nitrogen and oxygen atoms in total. The summed E-state index contributed by atoms with van der Waals surface area (Å²) in [5.74, 6) is -0.683. The molecular formula is C24H28N2O4. The number of carbonyl (C=O) groups excluding carboxylic acids is 1. The summed E-state index contributed by atoms with van der Waals surface area (Å²) in [4.78, 5) is 24.2. The molecule has 0 spiro atoms. The maximum Gasteiger partial charge on any atom is 0.339 e. The lowest BCUT2D eigenvalue weighted by Gasteiger charge is -2.15. The molecule has 158 valence electrons. The van der Waals surface area contributed by atoms with Crippen LogP contribution in [0.3, 0.4) is 0 Å². The normalized spacial score (nSPS) is 12.0. The average molecular weight is 408 g/mol. The molecule has 1 unspecified atom stereocenters. The van der Waals surface area contributed by atoms with Gasteiger partial charge >= 0.3 is 5.97 Å². The van der Waals surface area contributed by atoms with Crippen LogP contribution in [-0.4, -0.2) is 28.7 Å². The highest BCUT2D eigenvalue weighted by molar-refractivity contribution is 5.96. The third-order valence-corrected chi connectivity index (χ3v) is 5.42. The number of aromatic carboxylic acids is 1. The van der Waals surface area contributed by atoms with Crippen molar-refractivity contribution in [3.63, 3.8) is 0 Å². The van der Waals surface area contributed by atoms with E-state index in [2.05, 4.69) is 12.2 Å². The van der Waals surface area contributed by atoms with Crippen molar-refractivity contribution in [2.24, 2.45) is 5.92 Å². The van der Waals surface area contributed by atoms with E-state index >= 15 is 0 Å². The van der Waals surface area contributed by atoms with Gasteiger partial charge in [0.1, 0.15) is 11.3 Å². The molecule has 1 atom stereocenters. The van der Waals surface area contributed by atoms with E-state index in [0.717, 1.165) is 42.3 Å². The number of nitrogens with one attached hydrogen (secondary N) is 1. The predicted octanol–water partition coefficient (Wildman–Crippen LogP) is 5.49. The lowest BCUT2D eigenvalue weighted by Crippen LogP contribution is -2.22. The van der Waals surface area contributed by atoms with E-state index in [-0.39, 0.29) is 17.4 Å². The average Bonchev–Trinajstić information content (AvgIpc) is 3.17. The number of carboxylic acid groups (broad SMARTS) is 1. The number of aromatic nitrogens is 1. The largest absolute Gasteiger partial charge is 0.496 e. The monoisotopic (exact) mass is 408 g/mol. The van der Waals surface area contributed by atoms with Crippen molar-refractivity contribution in [2.45, 2.75) is 39.5 Å². The van der Waals surface area contributed by atoms with E-state index in [1.165, 1.54) is 7.11 Å². The topological polar surface area (TPSA) is 80.6 Å². The molecule has 0 aliphatic carbocycles. The summed E-state index contributed by atoms with van der Waals surface area (Å²) < 4.78 is 7.06. The highest BCUT2D eigenvalue weighted by Crippen LogP contribution is 2.28. The molecule has 0 saturated carbocycles. The minimum Gasteiger partial charge on any atom is -0.496 e. The molecule has 3 rings (SSSR count). The van der Waals surface area contributed by atoms with Crippen LogP contribution in [0.15, 0.2) is 48.7 Å². The Morgan fingerprint density at radius 3 is 2.60 bits per heavy atom. The Labute approximate surface area is 176 Å². The number of methoxy groups -OCH3 is 1. The smallest absolute Gasteiger partial charge is 0.339 e. The zero-order valence-electron chi connectivity index (χ0n) is 17.6. The minimum atomic E-state index is -1.05. The molecular weight excluding hydrogens is 380 g/mol. The Bertz CT molecular complexity index is 1050. The van der Waals surface area contributed by atoms with Gasteiger partial charge in [-0.15, -0.1) is 0 Å². The number of carbonyl (C=O) groups is 2. The third-order valence-electron chi connectivity index (χ3n) is 5.42. The number of carboxylic acids is 1. The molecule has 1 aromatic heterocycles. The Morgan fingerprint density at radius 1 is 1.13 bits per heavy atom. The fourth-order valence-corrected chi connectivity index (χ4v) is 3.66. The van der Waals surface area contributed by atoms with Crippen LogP contribution >= 0.6 is 0 Å². The van der Waals surface area contributed by atoms with Crippen LogP contribution in [0, 0.1) is 5.92 Å². The maximum atomic E-state index is 12.7. The molecule has 0 fully saturated rings. The fraction of sp³-hybridized carbons (Fsp3) is 0.333. The van der Waals surface area contributed by atoms with E-state index in [0.29, 0.717) is 11.4 Å². The number of anilines is 1. The van der Waals surface area contributed by atoms with Crippen LogP contribution < -0.4 is 10.1 Å². The van der Waals surface area contributed by atoms with Crippen LogP contribution in [0.1, 0.15) is 49.9 Å². The van der Waals surface area contributed by atoms with Gasteiger partial charge in [0.15, 0.2) is 0 Å². The summed E-state index contributed by atoms with van der Waals surface area (Å²) in [6.45, 7) is 4.17. The van der Waals surface area contributed by atoms with Crippen LogP contribution in [0.25, 0.3) is 16.6 Å². The fourth-order valence-electron chi connectivity index (χ4n) is 3.66. The van der Waals surface area contributed by atoms with Crippen molar-refractivity contribution in [1.29, 1.82) is 0 Å². The van der Waals surface area contributed by atoms with Gasteiger partial charge in [0, 0.05) is 28.9 Å². The summed E-state index contributed by atoms with van der Waals surface area (Å²) in [7, 11) is 1.45. The molecule has 0 radical (unpaired) electrons. The van der Waals surface area contributed by atoms with Gasteiger partial charge in [0.2, 0.25) is 5.91 Å². The van der Waals surface area contributed by atoms with E-state index in [9.17, 15) is 14.7 Å². The number of amides is 1. The Kier molecular flexibility index (Phi) is 6.77. The molecule has 1 heterocycles. The Hall–Kier alpha value is -3.28. The molecule has 1 amide bonds. The zero-order valence-corrected chi connectivity index (χ0v) is 17.6. The second-order valence-corrected chi connectivity index (χ2v) is 7.39. The van der Waals surface area contributed by atoms with E-state index in [1.807, 2.05) is 48.0 Å². The van der Waals surface area contributed by atoms with Gasteiger partial charge in [-0.1, -0.05) is 32.8 Å². The second-order valence-electron chi connectivity index (χ2n) is 7.39. The molecule has 2 N–H and O–H groups in total. The number of nitrogens with zero attached hydrogens (tertiary/aromatic N) is 1. The summed E-state index contributed by atoms with van der Waals surface area (Å²) >= 11 is 0. The van der Waals surface area contributed by atoms with Crippen LogP contribution in [0.4, 0.5) is 5.69 Å². The molecule has 0 aliphatic heterocycles. The Balaban J connectivity index is 1.93. The molecule has 2 aromatic carbocycles. The number of ether oxygens (including phenoxy) is 1. The predicted molar refractivity (Wildman–Crippen MR) is 119 cm³/mol. The molecule has 0 bridgehead atoms. The summed E-state index contributed by atoms with van der Waals surface area (Å²) in [6.07, 6.45) is 5.70. The lowest BCUT2D eigenvalue weighted by atomic mass is 9.98. The number of unbranched alkanes of at least 4 members (excludes halogenated alkanes) is 1. The van der Waals surface area contributed by atoms with Gasteiger partial charge in [-0.05, 0) is 49.2 Å². The molecule has 0 aliphatic rings. The zero-order chi connectivity index (χ0) is 21.7. The van der Waals surface area contributed by atoms with Gasteiger partial charge < -0.3 is 19.7 Å². The highest BCUT2D eigenvalue weighted by Gasteiger charge is 2.17. The van der Waals surface area contributed by atoms with Crippen LogP contribution in [0.2, 0.25) is 0 Å². The molecule has 3 aromatic rings. The Morgan fingerprint density at radius 2 is 1.93 bits per heavy atom. The molecule has 30 heavy (non-hydrogen) atoms. The highest BCUT2D eigenvalue weighted by atomic mass is 16.5. The van der Waals surface area contributed by atoms with Crippen molar-refractivity contribution in [1.82, 2.24) is 4.57 Å². The van der Waals surface area contributed by atoms with Gasteiger partial charge in [-0.2, -0.15) is 0 Å². The third kappa shape index (κ3) is 4.48. The quantitative estimate of drug-likeness (QED) is 0.490. The van der Waals surface area contributed by atoms with Gasteiger partial charge in [0.25, 0.3) is 0 Å². The second kappa shape index (κ2) is 9.48. The first kappa shape index (κ1) is 21.4. The summed E-state index contributed by atoms with van der Waals surface area (Å²) in [5.41, 5.74) is 2.43. The maximum absolute atomic E-state index is 12.7. The first-order valence-corrected chi connectivity index (χ1v) is 10.3. The number of fused-ring (bicyclic) bond motifs is 1. The van der Waals surface area contributed by atoms with Crippen molar-refractivity contribution < 1.29 is 19.4 Å². The van der Waals surface area contributed by atoms with Crippen molar-refractivity contribution in [3.8, 4) is 11.4 Å². The number of benzene rings is 2. The van der Waals surface area contributed by atoms with Crippen molar-refractivity contribution >= 4 is 28.5 Å². The van der Waals surface area contributed by atoms with Gasteiger partial charge in [-0.25, -0.2) is 4.79 Å². The van der Waals surface area contributed by atoms with E-state index in [4.69, 9.17) is 4.74 Å². The SMILES string of the molecule is CCCCC(CC)C(=O)Nc1ccc2ccn(-c3ccc(OC)c(C(=O)O)c3)c2c1. The molecule has 0 saturated heterocycles.